The Hall–Kier alpha value is -2.71. The molecule has 2 aromatic heterocycles. The van der Waals surface area contributed by atoms with E-state index in [0.29, 0.717) is 6.61 Å². The number of hydrogen-bond donors (Lipinski definition) is 3. The van der Waals surface area contributed by atoms with Crippen LogP contribution in [0.3, 0.4) is 0 Å². The molecule has 0 fully saturated rings. The summed E-state index contributed by atoms with van der Waals surface area (Å²) in [6, 6.07) is 2.64. The molecule has 0 aromatic carbocycles. The molecular weight excluding hydrogens is 240 g/mol. The molecule has 0 radical (unpaired) electrons. The number of nitrogens with zero attached hydrogens (tertiary/aromatic N) is 3. The van der Waals surface area contributed by atoms with E-state index in [1.165, 1.54) is 12.1 Å². The number of carbonyl (C=O) groups excluding carboxylic acids is 1. The molecule has 0 aliphatic carbocycles. The summed E-state index contributed by atoms with van der Waals surface area (Å²) < 4.78 is 5.02. The maximum Gasteiger partial charge on any atom is 0.337 e. The molecule has 9 heteroatoms. The maximum atomic E-state index is 11.7. The molecule has 2 rings (SSSR count). The number of aromatic amines is 2. The lowest BCUT2D eigenvalue weighted by atomic mass is 10.4. The van der Waals surface area contributed by atoms with E-state index in [2.05, 4.69) is 30.7 Å². The minimum Gasteiger partial charge on any atom is -0.463 e. The summed E-state index contributed by atoms with van der Waals surface area (Å²) in [5, 5.41) is 14.4. The van der Waals surface area contributed by atoms with E-state index >= 15 is 0 Å². The fraction of sp³-hybridized carbons (Fsp3) is 0.222. The number of carbonyl (C=O) groups is 1. The van der Waals surface area contributed by atoms with Gasteiger partial charge in [0.1, 0.15) is 5.69 Å². The standard InChI is InChI=1S/C9H10N6O3/c1-2-18-9-11-8(14-15-9)10-7(17)5-3-4-6(16)13-12-5/h3-4H,2H2,1H3,(H,13,16)(H2,10,11,14,15,17). The molecule has 18 heavy (non-hydrogen) atoms. The average Bonchev–Trinajstić information content (AvgIpc) is 2.78. The molecular formula is C9H10N6O3. The second kappa shape index (κ2) is 5.08. The Morgan fingerprint density at radius 1 is 1.39 bits per heavy atom. The number of amides is 1. The van der Waals surface area contributed by atoms with Gasteiger partial charge < -0.3 is 4.74 Å². The summed E-state index contributed by atoms with van der Waals surface area (Å²) in [6.45, 7) is 2.21. The van der Waals surface area contributed by atoms with Crippen molar-refractivity contribution in [2.45, 2.75) is 6.92 Å². The van der Waals surface area contributed by atoms with Crippen molar-refractivity contribution < 1.29 is 9.53 Å². The van der Waals surface area contributed by atoms with Crippen molar-refractivity contribution in [1.29, 1.82) is 0 Å². The van der Waals surface area contributed by atoms with Gasteiger partial charge in [-0.05, 0) is 13.0 Å². The van der Waals surface area contributed by atoms with E-state index in [0.717, 1.165) is 0 Å². The Balaban J connectivity index is 2.06. The number of hydrogen-bond acceptors (Lipinski definition) is 6. The van der Waals surface area contributed by atoms with Gasteiger partial charge in [0.15, 0.2) is 0 Å². The fourth-order valence-corrected chi connectivity index (χ4v) is 1.14. The van der Waals surface area contributed by atoms with Crippen LogP contribution in [0.4, 0.5) is 5.95 Å². The third kappa shape index (κ3) is 2.70. The van der Waals surface area contributed by atoms with Crippen molar-refractivity contribution in [3.8, 4) is 6.01 Å². The van der Waals surface area contributed by atoms with Crippen LogP contribution in [0.2, 0.25) is 0 Å². The van der Waals surface area contributed by atoms with Crippen molar-refractivity contribution in [1.82, 2.24) is 25.4 Å². The third-order valence-electron chi connectivity index (χ3n) is 1.88. The predicted molar refractivity (Wildman–Crippen MR) is 60.4 cm³/mol. The Kier molecular flexibility index (Phi) is 3.32. The number of aromatic nitrogens is 5. The fourth-order valence-electron chi connectivity index (χ4n) is 1.14. The third-order valence-corrected chi connectivity index (χ3v) is 1.88. The van der Waals surface area contributed by atoms with Crippen LogP contribution < -0.4 is 15.6 Å². The molecule has 0 spiro atoms. The largest absolute Gasteiger partial charge is 0.463 e. The normalized spacial score (nSPS) is 10.1. The highest BCUT2D eigenvalue weighted by Crippen LogP contribution is 2.06. The van der Waals surface area contributed by atoms with Crippen LogP contribution in [0.15, 0.2) is 16.9 Å². The molecule has 1 amide bonds. The van der Waals surface area contributed by atoms with Crippen LogP contribution in [0.5, 0.6) is 6.01 Å². The van der Waals surface area contributed by atoms with Gasteiger partial charge in [-0.2, -0.15) is 10.1 Å². The molecule has 3 N–H and O–H groups in total. The van der Waals surface area contributed by atoms with Crippen LogP contribution >= 0.6 is 0 Å². The maximum absolute atomic E-state index is 11.7. The first-order chi connectivity index (χ1) is 8.69. The molecule has 2 aromatic rings. The minimum atomic E-state index is -0.523. The quantitative estimate of drug-likeness (QED) is 0.674. The van der Waals surface area contributed by atoms with Gasteiger partial charge >= 0.3 is 6.01 Å². The minimum absolute atomic E-state index is 0.0592. The highest BCUT2D eigenvalue weighted by molar-refractivity contribution is 6.01. The van der Waals surface area contributed by atoms with Crippen LogP contribution in [0.25, 0.3) is 0 Å². The van der Waals surface area contributed by atoms with Crippen molar-refractivity contribution in [2.75, 3.05) is 11.9 Å². The topological polar surface area (TPSA) is 126 Å². The summed E-state index contributed by atoms with van der Waals surface area (Å²) in [5.74, 6) is -0.387. The Morgan fingerprint density at radius 3 is 2.89 bits per heavy atom. The van der Waals surface area contributed by atoms with Crippen LogP contribution in [0, 0.1) is 0 Å². The van der Waals surface area contributed by atoms with Gasteiger partial charge in [0, 0.05) is 6.07 Å². The van der Waals surface area contributed by atoms with E-state index < -0.39 is 5.91 Å². The Labute approximate surface area is 101 Å². The van der Waals surface area contributed by atoms with E-state index in [-0.39, 0.29) is 23.2 Å². The lowest BCUT2D eigenvalue weighted by Crippen LogP contribution is -2.18. The van der Waals surface area contributed by atoms with Gasteiger partial charge in [0.05, 0.1) is 6.61 Å². The zero-order valence-corrected chi connectivity index (χ0v) is 9.43. The summed E-state index contributed by atoms with van der Waals surface area (Å²) in [6.07, 6.45) is 0. The molecule has 0 saturated carbocycles. The zero-order chi connectivity index (χ0) is 13.0. The van der Waals surface area contributed by atoms with Gasteiger partial charge in [-0.3, -0.25) is 14.9 Å². The molecule has 0 atom stereocenters. The van der Waals surface area contributed by atoms with Crippen LogP contribution in [-0.4, -0.2) is 37.9 Å². The van der Waals surface area contributed by atoms with E-state index in [1.807, 2.05) is 0 Å². The zero-order valence-electron chi connectivity index (χ0n) is 9.43. The Morgan fingerprint density at radius 2 is 2.22 bits per heavy atom. The van der Waals surface area contributed by atoms with Crippen molar-refractivity contribution in [3.63, 3.8) is 0 Å². The van der Waals surface area contributed by atoms with Crippen LogP contribution in [0.1, 0.15) is 17.4 Å². The van der Waals surface area contributed by atoms with Gasteiger partial charge in [0.25, 0.3) is 11.5 Å². The van der Waals surface area contributed by atoms with Gasteiger partial charge in [0.2, 0.25) is 5.95 Å². The molecule has 2 heterocycles. The summed E-state index contributed by atoms with van der Waals surface area (Å²) in [4.78, 5) is 26.3. The highest BCUT2D eigenvalue weighted by Gasteiger charge is 2.11. The van der Waals surface area contributed by atoms with E-state index in [9.17, 15) is 9.59 Å². The van der Waals surface area contributed by atoms with E-state index in [1.54, 1.807) is 6.92 Å². The number of ether oxygens (including phenoxy) is 1. The molecule has 0 unspecified atom stereocenters. The summed E-state index contributed by atoms with van der Waals surface area (Å²) in [7, 11) is 0. The van der Waals surface area contributed by atoms with Gasteiger partial charge in [-0.15, -0.1) is 5.10 Å². The first kappa shape index (κ1) is 11.8. The smallest absolute Gasteiger partial charge is 0.337 e. The van der Waals surface area contributed by atoms with Gasteiger partial charge in [-0.1, -0.05) is 0 Å². The SMILES string of the molecule is CCOc1n[nH]c(NC(=O)c2ccc(=O)[nH]n2)n1. The number of rotatable bonds is 4. The van der Waals surface area contributed by atoms with Crippen molar-refractivity contribution in [2.24, 2.45) is 0 Å². The molecule has 9 nitrogen and oxygen atoms in total. The monoisotopic (exact) mass is 250 g/mol. The number of nitrogens with one attached hydrogen (secondary N) is 3. The highest BCUT2D eigenvalue weighted by atomic mass is 16.5. The Bertz CT molecular complexity index is 584. The first-order valence-corrected chi connectivity index (χ1v) is 5.11. The first-order valence-electron chi connectivity index (χ1n) is 5.11. The number of H-pyrrole nitrogens is 2. The molecule has 0 saturated heterocycles. The van der Waals surface area contributed by atoms with Crippen molar-refractivity contribution >= 4 is 11.9 Å². The second-order valence-corrected chi connectivity index (χ2v) is 3.16. The average molecular weight is 250 g/mol. The predicted octanol–water partition coefficient (Wildman–Crippen LogP) is -0.461. The summed E-state index contributed by atoms with van der Waals surface area (Å²) >= 11 is 0. The van der Waals surface area contributed by atoms with Gasteiger partial charge in [-0.25, -0.2) is 10.2 Å². The number of anilines is 1. The van der Waals surface area contributed by atoms with Crippen LogP contribution in [-0.2, 0) is 0 Å². The molecule has 0 aliphatic heterocycles. The van der Waals surface area contributed by atoms with E-state index in [4.69, 9.17) is 4.74 Å². The lowest BCUT2D eigenvalue weighted by molar-refractivity contribution is 0.102. The van der Waals surface area contributed by atoms with Crippen molar-refractivity contribution in [3.05, 3.63) is 28.2 Å². The second-order valence-electron chi connectivity index (χ2n) is 3.16. The molecule has 94 valence electrons. The molecule has 0 aliphatic rings. The molecule has 0 bridgehead atoms. The summed E-state index contributed by atoms with van der Waals surface area (Å²) in [5.41, 5.74) is -0.325. The lowest BCUT2D eigenvalue weighted by Gasteiger charge is -1.98.